The Labute approximate surface area is 118 Å². The molecule has 1 aromatic carbocycles. The van der Waals surface area contributed by atoms with Crippen LogP contribution < -0.4 is 11.1 Å². The van der Waals surface area contributed by atoms with Gasteiger partial charge in [0.05, 0.1) is 5.69 Å². The van der Waals surface area contributed by atoms with Crippen LogP contribution in [0.25, 0.3) is 0 Å². The highest BCUT2D eigenvalue weighted by Gasteiger charge is 2.08. The van der Waals surface area contributed by atoms with Gasteiger partial charge in [-0.25, -0.2) is 0 Å². The smallest absolute Gasteiger partial charge is 0.122 e. The molecular formula is C15H17N3S. The molecule has 0 aliphatic rings. The summed E-state index contributed by atoms with van der Waals surface area (Å²) in [4.78, 5) is 4.44. The second-order valence-electron chi connectivity index (χ2n) is 4.52. The number of hydrogen-bond donors (Lipinski definition) is 2. The van der Waals surface area contributed by atoms with E-state index >= 15 is 0 Å². The van der Waals surface area contributed by atoms with Crippen molar-refractivity contribution in [3.63, 3.8) is 0 Å². The first-order valence-corrected chi connectivity index (χ1v) is 6.56. The molecule has 0 saturated carbocycles. The van der Waals surface area contributed by atoms with E-state index in [9.17, 15) is 0 Å². The average Bonchev–Trinajstić information content (AvgIpc) is 2.39. The van der Waals surface area contributed by atoms with E-state index in [2.05, 4.69) is 36.3 Å². The average molecular weight is 271 g/mol. The molecule has 0 amide bonds. The van der Waals surface area contributed by atoms with Crippen LogP contribution in [0.5, 0.6) is 0 Å². The zero-order valence-corrected chi connectivity index (χ0v) is 11.9. The first kappa shape index (κ1) is 13.5. The molecule has 2 aromatic rings. The Balaban J connectivity index is 2.19. The van der Waals surface area contributed by atoms with Crippen LogP contribution in [-0.4, -0.2) is 9.97 Å². The lowest BCUT2D eigenvalue weighted by atomic mass is 10.0. The predicted octanol–water partition coefficient (Wildman–Crippen LogP) is 3.20. The molecule has 4 heteroatoms. The molecule has 3 N–H and O–H groups in total. The molecule has 98 valence electrons. The fourth-order valence-electron chi connectivity index (χ4n) is 2.06. The van der Waals surface area contributed by atoms with Crippen molar-refractivity contribution in [2.24, 2.45) is 5.73 Å². The molecule has 0 spiro atoms. The lowest BCUT2D eigenvalue weighted by Gasteiger charge is -2.18. The molecule has 1 atom stereocenters. The third-order valence-corrected chi connectivity index (χ3v) is 3.26. The number of pyridine rings is 1. The number of thiocarbonyl (C=S) groups is 1. The van der Waals surface area contributed by atoms with Gasteiger partial charge in [-0.1, -0.05) is 36.5 Å². The lowest BCUT2D eigenvalue weighted by molar-refractivity contribution is 0.873. The van der Waals surface area contributed by atoms with E-state index in [1.54, 1.807) is 6.20 Å². The van der Waals surface area contributed by atoms with Crippen molar-refractivity contribution in [3.8, 4) is 0 Å². The summed E-state index contributed by atoms with van der Waals surface area (Å²) in [5, 5.41) is 3.44. The van der Waals surface area contributed by atoms with Crippen LogP contribution in [0.3, 0.4) is 0 Å². The fourth-order valence-corrected chi connectivity index (χ4v) is 2.17. The number of anilines is 1. The van der Waals surface area contributed by atoms with Crippen molar-refractivity contribution >= 4 is 22.9 Å². The Morgan fingerprint density at radius 1 is 1.32 bits per heavy atom. The van der Waals surface area contributed by atoms with Crippen molar-refractivity contribution < 1.29 is 0 Å². The molecule has 0 aliphatic heterocycles. The molecule has 19 heavy (non-hydrogen) atoms. The van der Waals surface area contributed by atoms with Crippen molar-refractivity contribution in [1.82, 2.24) is 4.98 Å². The van der Waals surface area contributed by atoms with Crippen LogP contribution in [0.4, 0.5) is 5.69 Å². The largest absolute Gasteiger partial charge is 0.388 e. The van der Waals surface area contributed by atoms with Crippen LogP contribution >= 0.6 is 12.2 Å². The van der Waals surface area contributed by atoms with Gasteiger partial charge >= 0.3 is 0 Å². The zero-order chi connectivity index (χ0) is 13.8. The van der Waals surface area contributed by atoms with Gasteiger partial charge in [0, 0.05) is 17.9 Å². The molecule has 1 aromatic heterocycles. The highest BCUT2D eigenvalue weighted by Crippen LogP contribution is 2.21. The van der Waals surface area contributed by atoms with Gasteiger partial charge in [-0.3, -0.25) is 4.98 Å². The first-order valence-electron chi connectivity index (χ1n) is 6.16. The number of rotatable bonds is 4. The van der Waals surface area contributed by atoms with E-state index in [1.807, 2.05) is 24.3 Å². The van der Waals surface area contributed by atoms with Crippen LogP contribution in [0, 0.1) is 6.92 Å². The number of nitrogens with one attached hydrogen (secondary N) is 1. The Hall–Kier alpha value is -1.94. The summed E-state index contributed by atoms with van der Waals surface area (Å²) in [5.74, 6) is 0. The number of hydrogen-bond acceptors (Lipinski definition) is 3. The van der Waals surface area contributed by atoms with Crippen molar-refractivity contribution in [2.75, 3.05) is 5.32 Å². The van der Waals surface area contributed by atoms with Crippen LogP contribution in [0.2, 0.25) is 0 Å². The summed E-state index contributed by atoms with van der Waals surface area (Å²) < 4.78 is 0. The molecule has 0 radical (unpaired) electrons. The topological polar surface area (TPSA) is 50.9 Å². The van der Waals surface area contributed by atoms with Gasteiger partial charge in [0.1, 0.15) is 4.99 Å². The summed E-state index contributed by atoms with van der Waals surface area (Å²) in [7, 11) is 0. The van der Waals surface area contributed by atoms with Crippen molar-refractivity contribution in [3.05, 3.63) is 59.4 Å². The van der Waals surface area contributed by atoms with E-state index in [0.29, 0.717) is 10.7 Å². The SMILES string of the molecule is Cc1ccccc1C(C)Nc1ccnc(C(N)=S)c1. The minimum Gasteiger partial charge on any atom is -0.388 e. The summed E-state index contributed by atoms with van der Waals surface area (Å²) in [5.41, 5.74) is 9.74. The summed E-state index contributed by atoms with van der Waals surface area (Å²) in [6.07, 6.45) is 1.71. The monoisotopic (exact) mass is 271 g/mol. The first-order chi connectivity index (χ1) is 9.08. The van der Waals surface area contributed by atoms with E-state index in [0.717, 1.165) is 5.69 Å². The summed E-state index contributed by atoms with van der Waals surface area (Å²) >= 11 is 4.94. The molecule has 2 rings (SSSR count). The minimum absolute atomic E-state index is 0.211. The Morgan fingerprint density at radius 2 is 2.05 bits per heavy atom. The molecule has 1 unspecified atom stereocenters. The highest BCUT2D eigenvalue weighted by atomic mass is 32.1. The number of nitrogens with two attached hydrogens (primary N) is 1. The summed E-state index contributed by atoms with van der Waals surface area (Å²) in [6.45, 7) is 4.24. The molecule has 0 bridgehead atoms. The Morgan fingerprint density at radius 3 is 2.74 bits per heavy atom. The standard InChI is InChI=1S/C15H17N3S/c1-10-5-3-4-6-13(10)11(2)18-12-7-8-17-14(9-12)15(16)19/h3-9,11H,1-2H3,(H2,16,19)(H,17,18). The van der Waals surface area contributed by atoms with E-state index in [4.69, 9.17) is 18.0 Å². The quantitative estimate of drug-likeness (QED) is 0.838. The molecule has 0 fully saturated rings. The van der Waals surface area contributed by atoms with Crippen LogP contribution in [0.1, 0.15) is 29.8 Å². The molecule has 3 nitrogen and oxygen atoms in total. The van der Waals surface area contributed by atoms with Crippen LogP contribution in [0.15, 0.2) is 42.6 Å². The molecular weight excluding hydrogens is 254 g/mol. The number of nitrogens with zero attached hydrogens (tertiary/aromatic N) is 1. The van der Waals surface area contributed by atoms with Gasteiger partial charge in [-0.15, -0.1) is 0 Å². The molecule has 0 aliphatic carbocycles. The second-order valence-corrected chi connectivity index (χ2v) is 4.96. The maximum Gasteiger partial charge on any atom is 0.122 e. The minimum atomic E-state index is 0.211. The van der Waals surface area contributed by atoms with E-state index < -0.39 is 0 Å². The maximum atomic E-state index is 5.59. The van der Waals surface area contributed by atoms with E-state index in [1.165, 1.54) is 11.1 Å². The fraction of sp³-hybridized carbons (Fsp3) is 0.200. The highest BCUT2D eigenvalue weighted by molar-refractivity contribution is 7.80. The van der Waals surface area contributed by atoms with E-state index in [-0.39, 0.29) is 6.04 Å². The Bertz CT molecular complexity index is 595. The van der Waals surface area contributed by atoms with Crippen molar-refractivity contribution in [1.29, 1.82) is 0 Å². The zero-order valence-electron chi connectivity index (χ0n) is 11.1. The van der Waals surface area contributed by atoms with Gasteiger partial charge in [-0.05, 0) is 37.1 Å². The van der Waals surface area contributed by atoms with Gasteiger partial charge in [-0.2, -0.15) is 0 Å². The molecule has 1 heterocycles. The van der Waals surface area contributed by atoms with Crippen LogP contribution in [-0.2, 0) is 0 Å². The third-order valence-electron chi connectivity index (χ3n) is 3.05. The van der Waals surface area contributed by atoms with Gasteiger partial charge in [0.25, 0.3) is 0 Å². The third kappa shape index (κ3) is 3.29. The van der Waals surface area contributed by atoms with Crippen molar-refractivity contribution in [2.45, 2.75) is 19.9 Å². The number of benzene rings is 1. The second kappa shape index (κ2) is 5.80. The summed E-state index contributed by atoms with van der Waals surface area (Å²) in [6, 6.07) is 12.3. The normalized spacial score (nSPS) is 11.9. The van der Waals surface area contributed by atoms with Gasteiger partial charge < -0.3 is 11.1 Å². The van der Waals surface area contributed by atoms with Gasteiger partial charge in [0.15, 0.2) is 0 Å². The molecule has 0 saturated heterocycles. The Kier molecular flexibility index (Phi) is 4.12. The number of aromatic nitrogens is 1. The lowest BCUT2D eigenvalue weighted by Crippen LogP contribution is -2.13. The van der Waals surface area contributed by atoms with Gasteiger partial charge in [0.2, 0.25) is 0 Å². The number of aryl methyl sites for hydroxylation is 1. The maximum absolute atomic E-state index is 5.59. The predicted molar refractivity (Wildman–Crippen MR) is 83.3 cm³/mol.